The van der Waals surface area contributed by atoms with Crippen molar-refractivity contribution in [2.24, 2.45) is 0 Å². The van der Waals surface area contributed by atoms with Crippen molar-refractivity contribution in [3.63, 3.8) is 0 Å². The zero-order chi connectivity index (χ0) is 16.3. The van der Waals surface area contributed by atoms with E-state index >= 15 is 0 Å². The standard InChI is InChI=1S/C13H17N3O5S/c1-10(11-3-2-4-12(9-11)16(18)19)14-13(17)15-5-7-22(20,21)8-6-15/h2-4,9-10H,5-8H2,1H3,(H,14,17). The SMILES string of the molecule is CC(NC(=O)N1CCS(=O)(=O)CC1)c1cccc([N+](=O)[O-])c1. The van der Waals surface area contributed by atoms with E-state index in [0.29, 0.717) is 5.56 Å². The average Bonchev–Trinajstić information content (AvgIpc) is 2.47. The van der Waals surface area contributed by atoms with Crippen molar-refractivity contribution in [1.29, 1.82) is 0 Å². The second kappa shape index (κ2) is 6.30. The number of nitrogens with one attached hydrogen (secondary N) is 1. The van der Waals surface area contributed by atoms with E-state index in [2.05, 4.69) is 5.32 Å². The minimum Gasteiger partial charge on any atom is -0.331 e. The van der Waals surface area contributed by atoms with Gasteiger partial charge < -0.3 is 10.2 Å². The van der Waals surface area contributed by atoms with E-state index in [0.717, 1.165) is 0 Å². The Morgan fingerprint density at radius 1 is 1.36 bits per heavy atom. The van der Waals surface area contributed by atoms with Crippen LogP contribution in [0.15, 0.2) is 24.3 Å². The Hall–Kier alpha value is -2.16. The molecule has 1 N–H and O–H groups in total. The number of carbonyl (C=O) groups excluding carboxylic acids is 1. The smallest absolute Gasteiger partial charge is 0.317 e. The van der Waals surface area contributed by atoms with E-state index in [9.17, 15) is 23.3 Å². The van der Waals surface area contributed by atoms with Crippen molar-refractivity contribution in [2.45, 2.75) is 13.0 Å². The summed E-state index contributed by atoms with van der Waals surface area (Å²) in [4.78, 5) is 23.8. The van der Waals surface area contributed by atoms with Gasteiger partial charge in [0.2, 0.25) is 0 Å². The molecule has 1 saturated heterocycles. The van der Waals surface area contributed by atoms with Crippen molar-refractivity contribution < 1.29 is 18.1 Å². The van der Waals surface area contributed by atoms with Gasteiger partial charge in [0, 0.05) is 25.2 Å². The van der Waals surface area contributed by atoms with E-state index in [4.69, 9.17) is 0 Å². The van der Waals surface area contributed by atoms with Gasteiger partial charge in [0.1, 0.15) is 0 Å². The summed E-state index contributed by atoms with van der Waals surface area (Å²) < 4.78 is 22.7. The summed E-state index contributed by atoms with van der Waals surface area (Å²) in [7, 11) is -3.04. The summed E-state index contributed by atoms with van der Waals surface area (Å²) in [5.41, 5.74) is 0.579. The molecule has 1 aromatic rings. The molecule has 2 rings (SSSR count). The predicted molar refractivity (Wildman–Crippen MR) is 80.3 cm³/mol. The van der Waals surface area contributed by atoms with Crippen LogP contribution in [0.5, 0.6) is 0 Å². The highest BCUT2D eigenvalue weighted by molar-refractivity contribution is 7.91. The van der Waals surface area contributed by atoms with Gasteiger partial charge in [-0.05, 0) is 12.5 Å². The Labute approximate surface area is 128 Å². The lowest BCUT2D eigenvalue weighted by atomic mass is 10.1. The summed E-state index contributed by atoms with van der Waals surface area (Å²) in [5.74, 6) is -0.0722. The molecule has 0 bridgehead atoms. The number of non-ortho nitro benzene ring substituents is 1. The predicted octanol–water partition coefficient (Wildman–Crippen LogP) is 1.10. The summed E-state index contributed by atoms with van der Waals surface area (Å²) >= 11 is 0. The van der Waals surface area contributed by atoms with Crippen LogP contribution in [-0.4, -0.2) is 48.9 Å². The van der Waals surface area contributed by atoms with Crippen LogP contribution in [0.2, 0.25) is 0 Å². The van der Waals surface area contributed by atoms with Gasteiger partial charge in [-0.3, -0.25) is 10.1 Å². The Kier molecular flexibility index (Phi) is 4.65. The molecule has 0 saturated carbocycles. The van der Waals surface area contributed by atoms with E-state index in [-0.39, 0.29) is 36.3 Å². The fraction of sp³-hybridized carbons (Fsp3) is 0.462. The van der Waals surface area contributed by atoms with Crippen LogP contribution in [-0.2, 0) is 9.84 Å². The monoisotopic (exact) mass is 327 g/mol. The lowest BCUT2D eigenvalue weighted by molar-refractivity contribution is -0.384. The lowest BCUT2D eigenvalue weighted by Gasteiger charge is -2.28. The third-order valence-electron chi connectivity index (χ3n) is 3.55. The number of benzene rings is 1. The van der Waals surface area contributed by atoms with Gasteiger partial charge in [-0.1, -0.05) is 12.1 Å². The molecular weight excluding hydrogens is 310 g/mol. The second-order valence-corrected chi connectivity index (χ2v) is 7.47. The first-order valence-electron chi connectivity index (χ1n) is 6.79. The molecule has 1 aliphatic heterocycles. The molecule has 9 heteroatoms. The van der Waals surface area contributed by atoms with Crippen molar-refractivity contribution in [3.8, 4) is 0 Å². The molecule has 1 aliphatic rings. The van der Waals surface area contributed by atoms with Gasteiger partial charge in [0.15, 0.2) is 9.84 Å². The number of urea groups is 1. The molecule has 2 amide bonds. The van der Waals surface area contributed by atoms with Gasteiger partial charge in [-0.25, -0.2) is 13.2 Å². The van der Waals surface area contributed by atoms with Crippen LogP contribution in [0, 0.1) is 10.1 Å². The maximum atomic E-state index is 12.1. The largest absolute Gasteiger partial charge is 0.331 e. The quantitative estimate of drug-likeness (QED) is 0.660. The first kappa shape index (κ1) is 16.2. The highest BCUT2D eigenvalue weighted by Gasteiger charge is 2.26. The summed E-state index contributed by atoms with van der Waals surface area (Å²) in [6, 6.07) is 5.27. The maximum Gasteiger partial charge on any atom is 0.317 e. The fourth-order valence-corrected chi connectivity index (χ4v) is 3.38. The van der Waals surface area contributed by atoms with Crippen molar-refractivity contribution in [3.05, 3.63) is 39.9 Å². The first-order chi connectivity index (χ1) is 10.3. The molecule has 1 unspecified atom stereocenters. The van der Waals surface area contributed by atoms with Crippen LogP contribution >= 0.6 is 0 Å². The molecule has 120 valence electrons. The highest BCUT2D eigenvalue weighted by atomic mass is 32.2. The van der Waals surface area contributed by atoms with Gasteiger partial charge in [-0.2, -0.15) is 0 Å². The fourth-order valence-electron chi connectivity index (χ4n) is 2.18. The number of sulfone groups is 1. The van der Waals surface area contributed by atoms with E-state index < -0.39 is 20.8 Å². The highest BCUT2D eigenvalue weighted by Crippen LogP contribution is 2.19. The van der Waals surface area contributed by atoms with Crippen molar-refractivity contribution in [2.75, 3.05) is 24.6 Å². The Morgan fingerprint density at radius 3 is 2.59 bits per heavy atom. The third-order valence-corrected chi connectivity index (χ3v) is 5.16. The van der Waals surface area contributed by atoms with E-state index in [1.807, 2.05) is 0 Å². The van der Waals surface area contributed by atoms with Crippen LogP contribution in [0.25, 0.3) is 0 Å². The minimum absolute atomic E-state index is 0.0361. The number of nitrogens with zero attached hydrogens (tertiary/aromatic N) is 2. The minimum atomic E-state index is -3.04. The Bertz CT molecular complexity index is 675. The molecular formula is C13H17N3O5S. The lowest BCUT2D eigenvalue weighted by Crippen LogP contribution is -2.48. The van der Waals surface area contributed by atoms with Crippen LogP contribution < -0.4 is 5.32 Å². The van der Waals surface area contributed by atoms with Crippen LogP contribution in [0.1, 0.15) is 18.5 Å². The van der Waals surface area contributed by atoms with Gasteiger partial charge in [0.05, 0.1) is 22.5 Å². The zero-order valence-corrected chi connectivity index (χ0v) is 12.9. The molecule has 1 heterocycles. The Balaban J connectivity index is 1.99. The number of carbonyl (C=O) groups is 1. The van der Waals surface area contributed by atoms with Crippen LogP contribution in [0.3, 0.4) is 0 Å². The van der Waals surface area contributed by atoms with Crippen molar-refractivity contribution >= 4 is 21.6 Å². The van der Waals surface area contributed by atoms with Crippen LogP contribution in [0.4, 0.5) is 10.5 Å². The number of rotatable bonds is 3. The van der Waals surface area contributed by atoms with Gasteiger partial charge in [-0.15, -0.1) is 0 Å². The number of nitro benzene ring substituents is 1. The molecule has 0 radical (unpaired) electrons. The van der Waals surface area contributed by atoms with E-state index in [1.54, 1.807) is 19.1 Å². The van der Waals surface area contributed by atoms with Gasteiger partial charge >= 0.3 is 6.03 Å². The number of hydrogen-bond acceptors (Lipinski definition) is 5. The third kappa shape index (κ3) is 3.94. The summed E-state index contributed by atoms with van der Waals surface area (Å²) in [6.45, 7) is 2.04. The number of amides is 2. The first-order valence-corrected chi connectivity index (χ1v) is 8.61. The summed E-state index contributed by atoms with van der Waals surface area (Å²) in [6.07, 6.45) is 0. The molecule has 8 nitrogen and oxygen atoms in total. The number of nitro groups is 1. The molecule has 1 fully saturated rings. The number of hydrogen-bond donors (Lipinski definition) is 1. The zero-order valence-electron chi connectivity index (χ0n) is 12.1. The van der Waals surface area contributed by atoms with Crippen molar-refractivity contribution in [1.82, 2.24) is 10.2 Å². The normalized spacial score (nSPS) is 18.5. The summed E-state index contributed by atoms with van der Waals surface area (Å²) in [5, 5.41) is 13.5. The molecule has 0 spiro atoms. The maximum absolute atomic E-state index is 12.1. The molecule has 1 aromatic carbocycles. The molecule has 0 aromatic heterocycles. The van der Waals surface area contributed by atoms with Gasteiger partial charge in [0.25, 0.3) is 5.69 Å². The molecule has 1 atom stereocenters. The Morgan fingerprint density at radius 2 is 2.00 bits per heavy atom. The molecule has 0 aliphatic carbocycles. The average molecular weight is 327 g/mol. The second-order valence-electron chi connectivity index (χ2n) is 5.16. The molecule has 22 heavy (non-hydrogen) atoms. The topological polar surface area (TPSA) is 110 Å². The van der Waals surface area contributed by atoms with E-state index in [1.165, 1.54) is 17.0 Å².